The molecule has 0 saturated carbocycles. The maximum atomic E-state index is 13.8. The first kappa shape index (κ1) is 15.8. The van der Waals surface area contributed by atoms with Gasteiger partial charge in [-0.05, 0) is 61.9 Å². The first-order valence-corrected chi connectivity index (χ1v) is 7.20. The highest BCUT2D eigenvalue weighted by molar-refractivity contribution is 6.32. The molecule has 2 nitrogen and oxygen atoms in total. The van der Waals surface area contributed by atoms with Crippen LogP contribution in [0.1, 0.15) is 22.3 Å². The molecule has 0 bridgehead atoms. The van der Waals surface area contributed by atoms with Crippen LogP contribution >= 0.6 is 11.6 Å². The molecule has 0 aromatic heterocycles. The summed E-state index contributed by atoms with van der Waals surface area (Å²) in [6, 6.07) is 8.80. The Bertz CT molecular complexity index is 620. The largest absolute Gasteiger partial charge is 0.489 e. The van der Waals surface area contributed by atoms with Gasteiger partial charge in [0.25, 0.3) is 0 Å². The number of nitrogens with one attached hydrogen (secondary N) is 1. The summed E-state index contributed by atoms with van der Waals surface area (Å²) in [6.07, 6.45) is 0. The summed E-state index contributed by atoms with van der Waals surface area (Å²) in [4.78, 5) is 0. The zero-order valence-electron chi connectivity index (χ0n) is 12.5. The van der Waals surface area contributed by atoms with Gasteiger partial charge in [0.15, 0.2) is 0 Å². The normalized spacial score (nSPS) is 10.7. The monoisotopic (exact) mass is 307 g/mol. The van der Waals surface area contributed by atoms with Crippen LogP contribution in [0, 0.1) is 19.7 Å². The Labute approximate surface area is 129 Å². The van der Waals surface area contributed by atoms with Crippen molar-refractivity contribution in [2.75, 3.05) is 7.05 Å². The molecule has 1 N–H and O–H groups in total. The third-order valence-corrected chi connectivity index (χ3v) is 3.89. The van der Waals surface area contributed by atoms with Gasteiger partial charge in [0.2, 0.25) is 0 Å². The van der Waals surface area contributed by atoms with Gasteiger partial charge in [0.1, 0.15) is 18.2 Å². The maximum absolute atomic E-state index is 13.8. The summed E-state index contributed by atoms with van der Waals surface area (Å²) in [5, 5.41) is 3.79. The number of benzene rings is 2. The van der Waals surface area contributed by atoms with Gasteiger partial charge in [-0.3, -0.25) is 0 Å². The van der Waals surface area contributed by atoms with E-state index in [2.05, 4.69) is 5.32 Å². The van der Waals surface area contributed by atoms with E-state index in [-0.39, 0.29) is 12.4 Å². The van der Waals surface area contributed by atoms with Crippen LogP contribution in [0.15, 0.2) is 30.3 Å². The van der Waals surface area contributed by atoms with Gasteiger partial charge < -0.3 is 10.1 Å². The quantitative estimate of drug-likeness (QED) is 0.884. The summed E-state index contributed by atoms with van der Waals surface area (Å²) in [6.45, 7) is 4.75. The SMILES string of the molecule is CNCc1ccc(F)c(COc2cc(C)c(Cl)c(C)c2)c1. The van der Waals surface area contributed by atoms with Crippen LogP contribution in [-0.2, 0) is 13.2 Å². The molecule has 0 heterocycles. The Hall–Kier alpha value is -1.58. The summed E-state index contributed by atoms with van der Waals surface area (Å²) < 4.78 is 19.5. The number of rotatable bonds is 5. The Morgan fingerprint density at radius 3 is 2.43 bits per heavy atom. The van der Waals surface area contributed by atoms with E-state index in [9.17, 15) is 4.39 Å². The fraction of sp³-hybridized carbons (Fsp3) is 0.294. The smallest absolute Gasteiger partial charge is 0.129 e. The second kappa shape index (κ2) is 6.92. The predicted octanol–water partition coefficient (Wildman–Crippen LogP) is 4.39. The lowest BCUT2D eigenvalue weighted by atomic mass is 10.1. The molecule has 2 rings (SSSR count). The van der Waals surface area contributed by atoms with Crippen LogP contribution in [0.3, 0.4) is 0 Å². The van der Waals surface area contributed by atoms with Gasteiger partial charge in [-0.15, -0.1) is 0 Å². The third kappa shape index (κ3) is 3.96. The molecule has 0 atom stereocenters. The molecule has 0 aliphatic carbocycles. The molecular formula is C17H19ClFNO. The molecule has 112 valence electrons. The van der Waals surface area contributed by atoms with Crippen molar-refractivity contribution in [1.82, 2.24) is 5.32 Å². The molecule has 0 unspecified atom stereocenters. The number of hydrogen-bond acceptors (Lipinski definition) is 2. The van der Waals surface area contributed by atoms with Crippen molar-refractivity contribution in [2.24, 2.45) is 0 Å². The summed E-state index contributed by atoms with van der Waals surface area (Å²) >= 11 is 6.13. The molecule has 0 fully saturated rings. The summed E-state index contributed by atoms with van der Waals surface area (Å²) in [5.74, 6) is 0.449. The van der Waals surface area contributed by atoms with Crippen molar-refractivity contribution < 1.29 is 9.13 Å². The fourth-order valence-corrected chi connectivity index (χ4v) is 2.31. The number of ether oxygens (including phenoxy) is 1. The zero-order valence-corrected chi connectivity index (χ0v) is 13.2. The van der Waals surface area contributed by atoms with Gasteiger partial charge >= 0.3 is 0 Å². The lowest BCUT2D eigenvalue weighted by molar-refractivity contribution is 0.299. The van der Waals surface area contributed by atoms with Crippen LogP contribution in [-0.4, -0.2) is 7.05 Å². The average Bonchev–Trinajstić information content (AvgIpc) is 2.45. The minimum absolute atomic E-state index is 0.198. The molecule has 0 radical (unpaired) electrons. The maximum Gasteiger partial charge on any atom is 0.129 e. The van der Waals surface area contributed by atoms with Crippen molar-refractivity contribution in [3.05, 3.63) is 63.4 Å². The average molecular weight is 308 g/mol. The molecule has 0 aliphatic heterocycles. The molecule has 2 aromatic rings. The van der Waals surface area contributed by atoms with Gasteiger partial charge in [0.05, 0.1) is 0 Å². The first-order chi connectivity index (χ1) is 10.0. The minimum atomic E-state index is -0.253. The van der Waals surface area contributed by atoms with Crippen molar-refractivity contribution in [3.63, 3.8) is 0 Å². The van der Waals surface area contributed by atoms with Gasteiger partial charge in [-0.1, -0.05) is 17.7 Å². The van der Waals surface area contributed by atoms with Gasteiger partial charge in [-0.2, -0.15) is 0 Å². The van der Waals surface area contributed by atoms with Crippen molar-refractivity contribution in [2.45, 2.75) is 27.0 Å². The summed E-state index contributed by atoms with van der Waals surface area (Å²) in [7, 11) is 1.86. The Kier molecular flexibility index (Phi) is 5.21. The Morgan fingerprint density at radius 1 is 1.14 bits per heavy atom. The van der Waals surface area contributed by atoms with E-state index in [0.717, 1.165) is 21.7 Å². The van der Waals surface area contributed by atoms with E-state index in [0.29, 0.717) is 17.9 Å². The highest BCUT2D eigenvalue weighted by Crippen LogP contribution is 2.26. The molecular weight excluding hydrogens is 289 g/mol. The molecule has 0 amide bonds. The number of aryl methyl sites for hydroxylation is 2. The van der Waals surface area contributed by atoms with Crippen LogP contribution in [0.25, 0.3) is 0 Å². The Morgan fingerprint density at radius 2 is 1.81 bits per heavy atom. The molecule has 4 heteroatoms. The topological polar surface area (TPSA) is 21.3 Å². The first-order valence-electron chi connectivity index (χ1n) is 6.82. The molecule has 21 heavy (non-hydrogen) atoms. The lowest BCUT2D eigenvalue weighted by Gasteiger charge is -2.11. The van der Waals surface area contributed by atoms with Crippen LogP contribution in [0.2, 0.25) is 5.02 Å². The minimum Gasteiger partial charge on any atom is -0.489 e. The Balaban J connectivity index is 2.14. The highest BCUT2D eigenvalue weighted by atomic mass is 35.5. The van der Waals surface area contributed by atoms with Crippen molar-refractivity contribution >= 4 is 11.6 Å². The zero-order chi connectivity index (χ0) is 15.4. The van der Waals surface area contributed by atoms with E-state index in [1.165, 1.54) is 6.07 Å². The highest BCUT2D eigenvalue weighted by Gasteiger charge is 2.07. The van der Waals surface area contributed by atoms with E-state index >= 15 is 0 Å². The summed E-state index contributed by atoms with van der Waals surface area (Å²) in [5.41, 5.74) is 3.49. The third-order valence-electron chi connectivity index (χ3n) is 3.30. The van der Waals surface area contributed by atoms with Gasteiger partial charge in [0, 0.05) is 17.1 Å². The van der Waals surface area contributed by atoms with Gasteiger partial charge in [-0.25, -0.2) is 4.39 Å². The van der Waals surface area contributed by atoms with E-state index in [1.807, 2.05) is 39.1 Å². The number of hydrogen-bond donors (Lipinski definition) is 1. The standard InChI is InChI=1S/C17H19ClFNO/c1-11-6-15(7-12(2)17(11)18)21-10-14-8-13(9-20-3)4-5-16(14)19/h4-8,20H,9-10H2,1-3H3. The van der Waals surface area contributed by atoms with E-state index < -0.39 is 0 Å². The predicted molar refractivity (Wildman–Crippen MR) is 84.4 cm³/mol. The van der Waals surface area contributed by atoms with Crippen LogP contribution in [0.4, 0.5) is 4.39 Å². The lowest BCUT2D eigenvalue weighted by Crippen LogP contribution is -2.07. The fourth-order valence-electron chi connectivity index (χ4n) is 2.20. The van der Waals surface area contributed by atoms with E-state index in [4.69, 9.17) is 16.3 Å². The van der Waals surface area contributed by atoms with Crippen LogP contribution < -0.4 is 10.1 Å². The van der Waals surface area contributed by atoms with Crippen molar-refractivity contribution in [1.29, 1.82) is 0 Å². The molecule has 0 saturated heterocycles. The van der Waals surface area contributed by atoms with Crippen molar-refractivity contribution in [3.8, 4) is 5.75 Å². The van der Waals surface area contributed by atoms with E-state index in [1.54, 1.807) is 6.07 Å². The second-order valence-electron chi connectivity index (χ2n) is 5.12. The molecule has 2 aromatic carbocycles. The number of halogens is 2. The van der Waals surface area contributed by atoms with Crippen LogP contribution in [0.5, 0.6) is 5.75 Å². The second-order valence-corrected chi connectivity index (χ2v) is 5.49. The molecule has 0 spiro atoms. The molecule has 0 aliphatic rings.